The van der Waals surface area contributed by atoms with Crippen LogP contribution in [-0.2, 0) is 6.61 Å². The zero-order valence-corrected chi connectivity index (χ0v) is 21.3. The molecule has 0 aromatic heterocycles. The van der Waals surface area contributed by atoms with E-state index in [-0.39, 0.29) is 23.9 Å². The number of hydrogen-bond acceptors (Lipinski definition) is 3. The lowest BCUT2D eigenvalue weighted by Crippen LogP contribution is -2.38. The van der Waals surface area contributed by atoms with Crippen LogP contribution in [0.2, 0.25) is 0 Å². The van der Waals surface area contributed by atoms with Gasteiger partial charge in [-0.25, -0.2) is 4.79 Å². The number of rotatable bonds is 11. The van der Waals surface area contributed by atoms with Crippen molar-refractivity contribution < 1.29 is 14.6 Å². The highest BCUT2D eigenvalue weighted by Crippen LogP contribution is 2.36. The molecule has 3 aromatic carbocycles. The van der Waals surface area contributed by atoms with Crippen LogP contribution in [0.25, 0.3) is 0 Å². The summed E-state index contributed by atoms with van der Waals surface area (Å²) >= 11 is 0. The summed E-state index contributed by atoms with van der Waals surface area (Å²) < 4.78 is 6.26. The Bertz CT molecular complexity index is 1010. The molecule has 0 saturated carbocycles. The second-order valence-corrected chi connectivity index (χ2v) is 9.01. The fraction of sp³-hybridized carbons (Fsp3) is 0.345. The highest BCUT2D eigenvalue weighted by atomic mass is 35.5. The Balaban J connectivity index is 0.00000408. The minimum atomic E-state index is -0.927. The molecule has 0 aliphatic carbocycles. The van der Waals surface area contributed by atoms with E-state index in [2.05, 4.69) is 44.7 Å². The first kappa shape index (κ1) is 27.4. The van der Waals surface area contributed by atoms with Gasteiger partial charge in [0.25, 0.3) is 0 Å². The Kier molecular flexibility index (Phi) is 10.6. The number of carbonyl (C=O) groups is 1. The summed E-state index contributed by atoms with van der Waals surface area (Å²) in [4.78, 5) is 14.3. The maximum absolute atomic E-state index is 11.8. The highest BCUT2D eigenvalue weighted by molar-refractivity contribution is 5.88. The van der Waals surface area contributed by atoms with Crippen LogP contribution >= 0.6 is 12.4 Å². The van der Waals surface area contributed by atoms with Crippen molar-refractivity contribution in [3.63, 3.8) is 0 Å². The van der Waals surface area contributed by atoms with Crippen LogP contribution in [0.1, 0.15) is 67.1 Å². The Labute approximate surface area is 210 Å². The number of halogens is 1. The first-order valence-corrected chi connectivity index (χ1v) is 11.7. The summed E-state index contributed by atoms with van der Waals surface area (Å²) in [6.07, 6.45) is 0.866. The molecule has 3 rings (SSSR count). The third kappa shape index (κ3) is 7.34. The van der Waals surface area contributed by atoms with Crippen molar-refractivity contribution in [3.8, 4) is 5.75 Å². The van der Waals surface area contributed by atoms with Gasteiger partial charge in [0.2, 0.25) is 0 Å². The molecular formula is C29H36ClNO3. The fourth-order valence-electron chi connectivity index (χ4n) is 4.40. The molecule has 4 nitrogen and oxygen atoms in total. The van der Waals surface area contributed by atoms with Crippen LogP contribution in [0.4, 0.5) is 0 Å². The summed E-state index contributed by atoms with van der Waals surface area (Å²) in [5, 5.41) is 9.68. The number of carboxylic acids is 1. The number of carboxylic acid groups (broad SMARTS) is 1. The van der Waals surface area contributed by atoms with Crippen molar-refractivity contribution in [2.75, 3.05) is 6.54 Å². The van der Waals surface area contributed by atoms with E-state index in [4.69, 9.17) is 4.74 Å². The summed E-state index contributed by atoms with van der Waals surface area (Å²) in [5.74, 6) is -0.168. The van der Waals surface area contributed by atoms with Gasteiger partial charge in [-0.1, -0.05) is 60.7 Å². The average molecular weight is 482 g/mol. The van der Waals surface area contributed by atoms with Crippen LogP contribution in [0.3, 0.4) is 0 Å². The van der Waals surface area contributed by atoms with Gasteiger partial charge in [-0.15, -0.1) is 12.4 Å². The van der Waals surface area contributed by atoms with Crippen molar-refractivity contribution >= 4 is 18.4 Å². The molecular weight excluding hydrogens is 446 g/mol. The molecule has 34 heavy (non-hydrogen) atoms. The third-order valence-corrected chi connectivity index (χ3v) is 6.07. The highest BCUT2D eigenvalue weighted by Gasteiger charge is 2.23. The van der Waals surface area contributed by atoms with Gasteiger partial charge in [-0.05, 0) is 70.0 Å². The molecule has 0 radical (unpaired) electrons. The minimum Gasteiger partial charge on any atom is -0.489 e. The van der Waals surface area contributed by atoms with E-state index < -0.39 is 5.97 Å². The molecule has 0 amide bonds. The van der Waals surface area contributed by atoms with Gasteiger partial charge in [0, 0.05) is 23.6 Å². The number of hydrogen-bond donors (Lipinski definition) is 1. The van der Waals surface area contributed by atoms with Crippen molar-refractivity contribution in [1.82, 2.24) is 4.90 Å². The van der Waals surface area contributed by atoms with Gasteiger partial charge in [-0.2, -0.15) is 0 Å². The van der Waals surface area contributed by atoms with Crippen LogP contribution in [0, 0.1) is 0 Å². The number of aromatic carboxylic acids is 1. The lowest BCUT2D eigenvalue weighted by atomic mass is 9.86. The normalized spacial score (nSPS) is 12.0. The first-order valence-electron chi connectivity index (χ1n) is 11.7. The second-order valence-electron chi connectivity index (χ2n) is 9.01. The summed E-state index contributed by atoms with van der Waals surface area (Å²) in [7, 11) is 0. The molecule has 0 fully saturated rings. The molecule has 1 unspecified atom stereocenters. The zero-order chi connectivity index (χ0) is 23.8. The van der Waals surface area contributed by atoms with E-state index in [1.807, 2.05) is 48.5 Å². The predicted molar refractivity (Wildman–Crippen MR) is 141 cm³/mol. The molecule has 0 saturated heterocycles. The molecule has 0 aliphatic heterocycles. The average Bonchev–Trinajstić information content (AvgIpc) is 2.81. The largest absolute Gasteiger partial charge is 0.489 e. The molecule has 0 spiro atoms. The maximum Gasteiger partial charge on any atom is 0.335 e. The van der Waals surface area contributed by atoms with E-state index in [1.165, 1.54) is 0 Å². The fourth-order valence-corrected chi connectivity index (χ4v) is 4.40. The van der Waals surface area contributed by atoms with Crippen molar-refractivity contribution in [1.29, 1.82) is 0 Å². The van der Waals surface area contributed by atoms with E-state index >= 15 is 0 Å². The minimum absolute atomic E-state index is 0. The Morgan fingerprint density at radius 3 is 2.03 bits per heavy atom. The van der Waals surface area contributed by atoms with Crippen molar-refractivity contribution in [2.24, 2.45) is 0 Å². The van der Waals surface area contributed by atoms with Crippen molar-refractivity contribution in [2.45, 2.75) is 58.7 Å². The molecule has 182 valence electrons. The van der Waals surface area contributed by atoms with Crippen LogP contribution in [0.5, 0.6) is 5.75 Å². The quantitative estimate of drug-likeness (QED) is 0.319. The first-order chi connectivity index (χ1) is 15.9. The maximum atomic E-state index is 11.8. The van der Waals surface area contributed by atoms with E-state index in [9.17, 15) is 9.90 Å². The lowest BCUT2D eigenvalue weighted by molar-refractivity contribution is 0.0696. The molecule has 0 heterocycles. The number of ether oxygens (including phenoxy) is 1. The summed E-state index contributed by atoms with van der Waals surface area (Å²) in [5.41, 5.74) is 3.44. The predicted octanol–water partition coefficient (Wildman–Crippen LogP) is 7.03. The Hall–Kier alpha value is -2.82. The third-order valence-electron chi connectivity index (χ3n) is 6.07. The molecule has 1 atom stereocenters. The summed E-state index contributed by atoms with van der Waals surface area (Å²) in [6, 6.07) is 26.4. The van der Waals surface area contributed by atoms with Gasteiger partial charge in [0.05, 0.1) is 5.56 Å². The van der Waals surface area contributed by atoms with Gasteiger partial charge in [-0.3, -0.25) is 4.90 Å². The molecule has 0 aliphatic rings. The SMILES string of the molecule is CC(C)N(CCC(c1ccccc1)c1cc(C(=O)O)ccc1OCc1ccccc1)C(C)C.Cl. The number of benzene rings is 3. The zero-order valence-electron chi connectivity index (χ0n) is 20.5. The number of nitrogens with zero attached hydrogens (tertiary/aromatic N) is 1. The van der Waals surface area contributed by atoms with E-state index in [0.717, 1.165) is 35.4 Å². The van der Waals surface area contributed by atoms with Gasteiger partial charge >= 0.3 is 5.97 Å². The van der Waals surface area contributed by atoms with E-state index in [1.54, 1.807) is 18.2 Å². The Morgan fingerprint density at radius 2 is 1.47 bits per heavy atom. The van der Waals surface area contributed by atoms with Crippen molar-refractivity contribution in [3.05, 3.63) is 101 Å². The van der Waals surface area contributed by atoms with Crippen LogP contribution < -0.4 is 4.74 Å². The Morgan fingerprint density at radius 1 is 0.882 bits per heavy atom. The monoisotopic (exact) mass is 481 g/mol. The summed E-state index contributed by atoms with van der Waals surface area (Å²) in [6.45, 7) is 10.2. The van der Waals surface area contributed by atoms with E-state index in [0.29, 0.717) is 18.7 Å². The standard InChI is InChI=1S/C29H35NO3.ClH/c1-21(2)30(22(3)4)18-17-26(24-13-9-6-10-14-24)27-19-25(29(31)32)15-16-28(27)33-20-23-11-7-5-8-12-23;/h5-16,19,21-22,26H,17-18,20H2,1-4H3,(H,31,32);1H. The molecule has 1 N–H and O–H groups in total. The second kappa shape index (κ2) is 13.2. The van der Waals surface area contributed by atoms with Crippen LogP contribution in [0.15, 0.2) is 78.9 Å². The van der Waals surface area contributed by atoms with Gasteiger partial charge < -0.3 is 9.84 Å². The lowest BCUT2D eigenvalue weighted by Gasteiger charge is -2.32. The molecule has 3 aromatic rings. The smallest absolute Gasteiger partial charge is 0.335 e. The van der Waals surface area contributed by atoms with Gasteiger partial charge in [0.15, 0.2) is 0 Å². The molecule has 5 heteroatoms. The van der Waals surface area contributed by atoms with Gasteiger partial charge in [0.1, 0.15) is 12.4 Å². The topological polar surface area (TPSA) is 49.8 Å². The van der Waals surface area contributed by atoms with Crippen LogP contribution in [-0.4, -0.2) is 34.6 Å². The molecule has 0 bridgehead atoms.